The minimum absolute atomic E-state index is 0.159. The summed E-state index contributed by atoms with van der Waals surface area (Å²) in [6.45, 7) is 1.89. The van der Waals surface area contributed by atoms with Gasteiger partial charge in [-0.05, 0) is 54.7 Å². The summed E-state index contributed by atoms with van der Waals surface area (Å²) in [6, 6.07) is 9.18. The lowest BCUT2D eigenvalue weighted by atomic mass is 9.91. The fourth-order valence-corrected chi connectivity index (χ4v) is 4.22. The molecular weight excluding hydrogens is 386 g/mol. The van der Waals surface area contributed by atoms with Gasteiger partial charge in [0, 0.05) is 18.0 Å². The van der Waals surface area contributed by atoms with Gasteiger partial charge < -0.3 is 10.4 Å². The quantitative estimate of drug-likeness (QED) is 0.668. The van der Waals surface area contributed by atoms with Crippen molar-refractivity contribution in [3.63, 3.8) is 0 Å². The third-order valence-corrected chi connectivity index (χ3v) is 5.97. The van der Waals surface area contributed by atoms with Crippen LogP contribution in [0.1, 0.15) is 52.7 Å². The lowest BCUT2D eigenvalue weighted by molar-refractivity contribution is 0.0718. The predicted molar refractivity (Wildman–Crippen MR) is 111 cm³/mol. The molecule has 1 saturated carbocycles. The van der Waals surface area contributed by atoms with Gasteiger partial charge in [0.15, 0.2) is 11.6 Å². The lowest BCUT2D eigenvalue weighted by Gasteiger charge is -2.28. The molecule has 2 aromatic carbocycles. The molecule has 30 heavy (non-hydrogen) atoms. The maximum absolute atomic E-state index is 14.2. The maximum Gasteiger partial charge on any atom is 0.253 e. The molecule has 1 aromatic heterocycles. The van der Waals surface area contributed by atoms with Crippen LogP contribution in [-0.2, 0) is 6.42 Å². The second kappa shape index (κ2) is 8.48. The first-order chi connectivity index (χ1) is 14.5. The molecule has 4 rings (SSSR count). The Balaban J connectivity index is 1.74. The number of benzene rings is 2. The van der Waals surface area contributed by atoms with Gasteiger partial charge in [-0.25, -0.2) is 8.78 Å². The number of carbonyl (C=O) groups excluding carboxylic acids is 1. The molecule has 4 nitrogen and oxygen atoms in total. The van der Waals surface area contributed by atoms with E-state index in [0.29, 0.717) is 17.5 Å². The third kappa shape index (κ3) is 3.92. The molecular formula is C24H24F2N2O2. The average Bonchev–Trinajstić information content (AvgIpc) is 2.75. The van der Waals surface area contributed by atoms with Crippen LogP contribution in [0.15, 0.2) is 42.6 Å². The second-order valence-corrected chi connectivity index (χ2v) is 7.93. The van der Waals surface area contributed by atoms with Crippen molar-refractivity contribution in [2.75, 3.05) is 0 Å². The van der Waals surface area contributed by atoms with Crippen molar-refractivity contribution in [2.24, 2.45) is 0 Å². The fourth-order valence-electron chi connectivity index (χ4n) is 4.22. The molecule has 2 atom stereocenters. The molecule has 1 fully saturated rings. The van der Waals surface area contributed by atoms with E-state index in [9.17, 15) is 18.7 Å². The fraction of sp³-hybridized carbons (Fsp3) is 0.333. The first-order valence-corrected chi connectivity index (χ1v) is 10.2. The van der Waals surface area contributed by atoms with Crippen LogP contribution in [0.5, 0.6) is 0 Å². The third-order valence-electron chi connectivity index (χ3n) is 5.97. The van der Waals surface area contributed by atoms with Crippen molar-refractivity contribution in [3.8, 4) is 0 Å². The zero-order valence-corrected chi connectivity index (χ0v) is 16.8. The Hall–Kier alpha value is -2.86. The van der Waals surface area contributed by atoms with Crippen molar-refractivity contribution in [2.45, 2.75) is 51.2 Å². The molecule has 0 saturated heterocycles. The Morgan fingerprint density at radius 2 is 1.97 bits per heavy atom. The van der Waals surface area contributed by atoms with Gasteiger partial charge in [0.1, 0.15) is 0 Å². The zero-order valence-electron chi connectivity index (χ0n) is 16.8. The number of halogens is 2. The number of nitrogens with one attached hydrogen (secondary N) is 1. The Morgan fingerprint density at radius 3 is 2.77 bits per heavy atom. The van der Waals surface area contributed by atoms with E-state index in [1.165, 1.54) is 6.07 Å². The van der Waals surface area contributed by atoms with E-state index >= 15 is 0 Å². The topological polar surface area (TPSA) is 62.2 Å². The van der Waals surface area contributed by atoms with E-state index in [0.717, 1.165) is 41.8 Å². The molecule has 3 aromatic rings. The average molecular weight is 410 g/mol. The maximum atomic E-state index is 14.2. The number of rotatable bonds is 4. The smallest absolute Gasteiger partial charge is 0.253 e. The highest BCUT2D eigenvalue weighted by Crippen LogP contribution is 2.28. The van der Waals surface area contributed by atoms with Gasteiger partial charge in [-0.2, -0.15) is 0 Å². The summed E-state index contributed by atoms with van der Waals surface area (Å²) in [4.78, 5) is 17.5. The summed E-state index contributed by atoms with van der Waals surface area (Å²) in [5.41, 5.74) is 2.77. The van der Waals surface area contributed by atoms with Gasteiger partial charge in [-0.3, -0.25) is 9.78 Å². The van der Waals surface area contributed by atoms with Crippen molar-refractivity contribution < 1.29 is 18.7 Å². The highest BCUT2D eigenvalue weighted by molar-refractivity contribution is 6.06. The number of aliphatic hydroxyl groups is 1. The van der Waals surface area contributed by atoms with E-state index < -0.39 is 17.7 Å². The first-order valence-electron chi connectivity index (χ1n) is 10.2. The van der Waals surface area contributed by atoms with Crippen LogP contribution in [0.25, 0.3) is 10.9 Å². The summed E-state index contributed by atoms with van der Waals surface area (Å²) in [5, 5.41) is 14.0. The van der Waals surface area contributed by atoms with E-state index in [1.54, 1.807) is 24.4 Å². The molecule has 0 bridgehead atoms. The number of aryl methyl sites for hydroxylation is 1. The lowest BCUT2D eigenvalue weighted by Crippen LogP contribution is -2.45. The molecule has 0 aliphatic heterocycles. The van der Waals surface area contributed by atoms with E-state index in [4.69, 9.17) is 0 Å². The SMILES string of the molecule is Cc1c(Cc2cccc(F)c2F)cc(C(=O)N[C@H]2CCCC[C@@H]2O)c2ncccc12. The molecule has 0 unspecified atom stereocenters. The van der Waals surface area contributed by atoms with Crippen LogP contribution in [0.4, 0.5) is 8.78 Å². The Bertz CT molecular complexity index is 1100. The number of fused-ring (bicyclic) bond motifs is 1. The van der Waals surface area contributed by atoms with E-state index in [2.05, 4.69) is 10.3 Å². The minimum atomic E-state index is -0.892. The van der Waals surface area contributed by atoms with E-state index in [1.807, 2.05) is 13.0 Å². The molecule has 0 radical (unpaired) electrons. The van der Waals surface area contributed by atoms with Gasteiger partial charge in [0.05, 0.1) is 23.2 Å². The number of amides is 1. The predicted octanol–water partition coefficient (Wildman–Crippen LogP) is 4.45. The minimum Gasteiger partial charge on any atom is -0.391 e. The molecule has 2 N–H and O–H groups in total. The molecule has 1 heterocycles. The Morgan fingerprint density at radius 1 is 1.17 bits per heavy atom. The van der Waals surface area contributed by atoms with Crippen LogP contribution in [0.2, 0.25) is 0 Å². The first kappa shape index (κ1) is 20.4. The van der Waals surface area contributed by atoms with Crippen LogP contribution < -0.4 is 5.32 Å². The van der Waals surface area contributed by atoms with Gasteiger partial charge in [-0.15, -0.1) is 0 Å². The standard InChI is InChI=1S/C24H24F2N2O2/c1-14-16(12-15-6-4-8-19(25)22(15)26)13-18(23-17(14)7-5-11-27-23)24(30)28-20-9-2-3-10-21(20)29/h4-8,11,13,20-21,29H,2-3,9-10,12H2,1H3,(H,28,30)/t20-,21-/m0/s1. The molecule has 1 aliphatic carbocycles. The summed E-state index contributed by atoms with van der Waals surface area (Å²) >= 11 is 0. The van der Waals surface area contributed by atoms with E-state index in [-0.39, 0.29) is 23.9 Å². The number of pyridine rings is 1. The molecule has 156 valence electrons. The highest BCUT2D eigenvalue weighted by Gasteiger charge is 2.26. The summed E-state index contributed by atoms with van der Waals surface area (Å²) in [6.07, 6.45) is 4.53. The monoisotopic (exact) mass is 410 g/mol. The van der Waals surface area contributed by atoms with Crippen molar-refractivity contribution in [1.82, 2.24) is 10.3 Å². The molecule has 1 amide bonds. The molecule has 1 aliphatic rings. The second-order valence-electron chi connectivity index (χ2n) is 7.93. The number of hydrogen-bond acceptors (Lipinski definition) is 3. The van der Waals surface area contributed by atoms with Gasteiger partial charge in [0.25, 0.3) is 5.91 Å². The number of aromatic nitrogens is 1. The molecule has 6 heteroatoms. The van der Waals surface area contributed by atoms with Crippen molar-refractivity contribution in [3.05, 3.63) is 76.5 Å². The number of nitrogens with zero attached hydrogens (tertiary/aromatic N) is 1. The van der Waals surface area contributed by atoms with Gasteiger partial charge in [0.2, 0.25) is 0 Å². The van der Waals surface area contributed by atoms with Gasteiger partial charge in [-0.1, -0.05) is 31.0 Å². The zero-order chi connectivity index (χ0) is 21.3. The van der Waals surface area contributed by atoms with Crippen LogP contribution in [0, 0.1) is 18.6 Å². The van der Waals surface area contributed by atoms with Crippen molar-refractivity contribution in [1.29, 1.82) is 0 Å². The normalized spacial score (nSPS) is 19.1. The van der Waals surface area contributed by atoms with Crippen molar-refractivity contribution >= 4 is 16.8 Å². The van der Waals surface area contributed by atoms with Crippen LogP contribution in [0.3, 0.4) is 0 Å². The number of carbonyl (C=O) groups is 1. The summed E-state index contributed by atoms with van der Waals surface area (Å²) in [5.74, 6) is -2.08. The Labute approximate surface area is 174 Å². The number of hydrogen-bond donors (Lipinski definition) is 2. The van der Waals surface area contributed by atoms with Gasteiger partial charge >= 0.3 is 0 Å². The van der Waals surface area contributed by atoms with Crippen LogP contribution in [-0.4, -0.2) is 28.1 Å². The van der Waals surface area contributed by atoms with Crippen LogP contribution >= 0.6 is 0 Å². The Kier molecular flexibility index (Phi) is 5.77. The summed E-state index contributed by atoms with van der Waals surface area (Å²) in [7, 11) is 0. The highest BCUT2D eigenvalue weighted by atomic mass is 19.2. The summed E-state index contributed by atoms with van der Waals surface area (Å²) < 4.78 is 27.9. The molecule has 0 spiro atoms. The number of aliphatic hydroxyl groups excluding tert-OH is 1. The largest absolute Gasteiger partial charge is 0.391 e.